The fourth-order valence-electron chi connectivity index (χ4n) is 2.39. The number of hydrogen-bond acceptors (Lipinski definition) is 3. The summed E-state index contributed by atoms with van der Waals surface area (Å²) >= 11 is 0. The van der Waals surface area contributed by atoms with Gasteiger partial charge in [0.25, 0.3) is 0 Å². The Morgan fingerprint density at radius 3 is 2.43 bits per heavy atom. The van der Waals surface area contributed by atoms with Crippen molar-refractivity contribution in [2.75, 3.05) is 13.3 Å². The van der Waals surface area contributed by atoms with E-state index in [9.17, 15) is 8.42 Å². The molecule has 0 amide bonds. The highest BCUT2D eigenvalue weighted by Gasteiger charge is 2.35. The van der Waals surface area contributed by atoms with E-state index < -0.39 is 9.84 Å². The van der Waals surface area contributed by atoms with Gasteiger partial charge in [-0.15, -0.1) is 0 Å². The quantitative estimate of drug-likeness (QED) is 0.776. The Hall–Kier alpha value is -0.0900. The third kappa shape index (κ3) is 2.70. The predicted octanol–water partition coefficient (Wildman–Crippen LogP) is 1.20. The molecule has 0 bridgehead atoms. The third-order valence-electron chi connectivity index (χ3n) is 3.40. The molecule has 0 spiro atoms. The van der Waals surface area contributed by atoms with Crippen LogP contribution in [-0.2, 0) is 9.84 Å². The molecule has 1 aliphatic carbocycles. The second-order valence-electron chi connectivity index (χ2n) is 4.35. The number of rotatable bonds is 3. The van der Waals surface area contributed by atoms with Crippen LogP contribution < -0.4 is 5.32 Å². The van der Waals surface area contributed by atoms with Crippen LogP contribution in [0.1, 0.15) is 32.6 Å². The second-order valence-corrected chi connectivity index (χ2v) is 6.62. The Bertz CT molecular complexity index is 274. The van der Waals surface area contributed by atoms with Crippen molar-refractivity contribution in [2.24, 2.45) is 5.92 Å². The van der Waals surface area contributed by atoms with Crippen molar-refractivity contribution in [3.05, 3.63) is 0 Å². The smallest absolute Gasteiger partial charge is 0.151 e. The predicted molar refractivity (Wildman–Crippen MR) is 59.1 cm³/mol. The van der Waals surface area contributed by atoms with E-state index >= 15 is 0 Å². The lowest BCUT2D eigenvalue weighted by atomic mass is 9.84. The molecule has 1 fully saturated rings. The molecular formula is C10H21NO2S. The van der Waals surface area contributed by atoms with Crippen LogP contribution in [0.5, 0.6) is 0 Å². The third-order valence-corrected chi connectivity index (χ3v) is 5.02. The van der Waals surface area contributed by atoms with Gasteiger partial charge in [-0.1, -0.05) is 13.3 Å². The minimum absolute atomic E-state index is 0.160. The van der Waals surface area contributed by atoms with Gasteiger partial charge in [0.2, 0.25) is 0 Å². The lowest BCUT2D eigenvalue weighted by Gasteiger charge is -2.34. The average Bonchev–Trinajstić information content (AvgIpc) is 2.15. The maximum absolute atomic E-state index is 11.6. The number of nitrogens with one attached hydrogen (secondary N) is 1. The average molecular weight is 219 g/mol. The Morgan fingerprint density at radius 2 is 2.00 bits per heavy atom. The Balaban J connectivity index is 2.76. The first kappa shape index (κ1) is 12.0. The Morgan fingerprint density at radius 1 is 1.36 bits per heavy atom. The van der Waals surface area contributed by atoms with Gasteiger partial charge in [-0.05, 0) is 32.2 Å². The molecule has 1 rings (SSSR count). The summed E-state index contributed by atoms with van der Waals surface area (Å²) in [6, 6.07) is 0.160. The molecule has 84 valence electrons. The molecule has 0 aliphatic heterocycles. The highest BCUT2D eigenvalue weighted by Crippen LogP contribution is 2.30. The first-order valence-corrected chi connectivity index (χ1v) is 7.30. The van der Waals surface area contributed by atoms with Crippen molar-refractivity contribution in [1.29, 1.82) is 0 Å². The van der Waals surface area contributed by atoms with Crippen LogP contribution in [0.2, 0.25) is 0 Å². The van der Waals surface area contributed by atoms with Crippen LogP contribution in [0.25, 0.3) is 0 Å². The first-order valence-electron chi connectivity index (χ1n) is 5.35. The Labute approximate surface area is 87.2 Å². The largest absolute Gasteiger partial charge is 0.316 e. The van der Waals surface area contributed by atoms with Crippen molar-refractivity contribution in [3.8, 4) is 0 Å². The molecule has 0 radical (unpaired) electrons. The van der Waals surface area contributed by atoms with Crippen molar-refractivity contribution in [1.82, 2.24) is 5.32 Å². The standard InChI is InChI=1S/C10H21NO2S/c1-4-8-5-6-9(11-2)10(7-8)14(3,12)13/h8-11H,4-7H2,1-3H3. The topological polar surface area (TPSA) is 46.2 Å². The summed E-state index contributed by atoms with van der Waals surface area (Å²) in [5.74, 6) is 0.597. The highest BCUT2D eigenvalue weighted by atomic mass is 32.2. The van der Waals surface area contributed by atoms with E-state index in [1.165, 1.54) is 6.26 Å². The second kappa shape index (κ2) is 4.62. The normalized spacial score (nSPS) is 34.4. The van der Waals surface area contributed by atoms with E-state index in [4.69, 9.17) is 0 Å². The summed E-state index contributed by atoms with van der Waals surface area (Å²) in [5, 5.41) is 2.95. The summed E-state index contributed by atoms with van der Waals surface area (Å²) in [7, 11) is -1.04. The molecule has 1 N–H and O–H groups in total. The lowest BCUT2D eigenvalue weighted by molar-refractivity contribution is 0.297. The summed E-state index contributed by atoms with van der Waals surface area (Å²) in [6.07, 6.45) is 5.45. The van der Waals surface area contributed by atoms with Crippen molar-refractivity contribution in [2.45, 2.75) is 43.9 Å². The van der Waals surface area contributed by atoms with E-state index in [0.717, 1.165) is 25.7 Å². The van der Waals surface area contributed by atoms with Crippen molar-refractivity contribution in [3.63, 3.8) is 0 Å². The van der Waals surface area contributed by atoms with E-state index in [0.29, 0.717) is 5.92 Å². The minimum Gasteiger partial charge on any atom is -0.316 e. The van der Waals surface area contributed by atoms with Crippen molar-refractivity contribution >= 4 is 9.84 Å². The molecular weight excluding hydrogens is 198 g/mol. The highest BCUT2D eigenvalue weighted by molar-refractivity contribution is 7.91. The van der Waals surface area contributed by atoms with E-state index in [-0.39, 0.29) is 11.3 Å². The molecule has 0 aromatic rings. The van der Waals surface area contributed by atoms with Gasteiger partial charge in [-0.3, -0.25) is 0 Å². The van der Waals surface area contributed by atoms with Crippen LogP contribution in [0, 0.1) is 5.92 Å². The van der Waals surface area contributed by atoms with Gasteiger partial charge in [0.15, 0.2) is 9.84 Å². The van der Waals surface area contributed by atoms with Gasteiger partial charge in [-0.2, -0.15) is 0 Å². The van der Waals surface area contributed by atoms with Crippen LogP contribution in [0.3, 0.4) is 0 Å². The number of hydrogen-bond donors (Lipinski definition) is 1. The molecule has 0 aromatic heterocycles. The molecule has 1 aliphatic rings. The summed E-state index contributed by atoms with van der Waals surface area (Å²) < 4.78 is 23.2. The molecule has 1 saturated carbocycles. The van der Waals surface area contributed by atoms with E-state index in [1.54, 1.807) is 0 Å². The summed E-state index contributed by atoms with van der Waals surface area (Å²) in [5.41, 5.74) is 0. The maximum Gasteiger partial charge on any atom is 0.151 e. The molecule has 0 saturated heterocycles. The van der Waals surface area contributed by atoms with Crippen LogP contribution >= 0.6 is 0 Å². The molecule has 4 heteroatoms. The molecule has 0 aromatic carbocycles. The van der Waals surface area contributed by atoms with Gasteiger partial charge >= 0.3 is 0 Å². The van der Waals surface area contributed by atoms with Crippen LogP contribution in [-0.4, -0.2) is 33.0 Å². The molecule has 0 heterocycles. The first-order chi connectivity index (χ1) is 6.49. The fourth-order valence-corrected chi connectivity index (χ4v) is 3.88. The molecule has 3 atom stereocenters. The molecule has 14 heavy (non-hydrogen) atoms. The van der Waals surface area contributed by atoms with E-state index in [2.05, 4.69) is 12.2 Å². The zero-order valence-corrected chi connectivity index (χ0v) is 10.1. The minimum atomic E-state index is -2.89. The van der Waals surface area contributed by atoms with Gasteiger partial charge < -0.3 is 5.32 Å². The zero-order valence-electron chi connectivity index (χ0n) is 9.29. The molecule has 3 nitrogen and oxygen atoms in total. The zero-order chi connectivity index (χ0) is 10.8. The maximum atomic E-state index is 11.6. The van der Waals surface area contributed by atoms with Crippen molar-refractivity contribution < 1.29 is 8.42 Å². The van der Waals surface area contributed by atoms with Gasteiger partial charge in [0.1, 0.15) is 0 Å². The van der Waals surface area contributed by atoms with Crippen LogP contribution in [0.15, 0.2) is 0 Å². The Kier molecular flexibility index (Phi) is 3.95. The SMILES string of the molecule is CCC1CCC(NC)C(S(C)(=O)=O)C1. The molecule has 3 unspecified atom stereocenters. The summed E-state index contributed by atoms with van der Waals surface area (Å²) in [4.78, 5) is 0. The number of sulfone groups is 1. The van der Waals surface area contributed by atoms with E-state index in [1.807, 2.05) is 7.05 Å². The lowest BCUT2D eigenvalue weighted by Crippen LogP contribution is -2.46. The van der Waals surface area contributed by atoms with Gasteiger partial charge in [-0.25, -0.2) is 8.42 Å². The fraction of sp³-hybridized carbons (Fsp3) is 1.00. The van der Waals surface area contributed by atoms with Gasteiger partial charge in [0, 0.05) is 12.3 Å². The van der Waals surface area contributed by atoms with Crippen LogP contribution in [0.4, 0.5) is 0 Å². The monoisotopic (exact) mass is 219 g/mol. The summed E-state index contributed by atoms with van der Waals surface area (Å²) in [6.45, 7) is 2.14. The van der Waals surface area contributed by atoms with Gasteiger partial charge in [0.05, 0.1) is 5.25 Å².